The number of carbonyl (C=O) groups excluding carboxylic acids is 1. The first kappa shape index (κ1) is 8.71. The van der Waals surface area contributed by atoms with Gasteiger partial charge in [0.1, 0.15) is 5.82 Å². The Morgan fingerprint density at radius 2 is 2.33 bits per heavy atom. The lowest BCUT2D eigenvalue weighted by Gasteiger charge is -2.09. The van der Waals surface area contributed by atoms with Gasteiger partial charge in [-0.3, -0.25) is 4.79 Å². The predicted molar refractivity (Wildman–Crippen MR) is 44.0 cm³/mol. The fraction of sp³-hybridized carbons (Fsp3) is 0.222. The lowest BCUT2D eigenvalue weighted by molar-refractivity contribution is -0.110. The van der Waals surface area contributed by atoms with Gasteiger partial charge in [-0.05, 0) is 24.6 Å². The average molecular weight is 167 g/mol. The van der Waals surface area contributed by atoms with Crippen molar-refractivity contribution in [1.29, 1.82) is 0 Å². The molecule has 0 aliphatic rings. The predicted octanol–water partition coefficient (Wildman–Crippen LogP) is 1.63. The summed E-state index contributed by atoms with van der Waals surface area (Å²) >= 11 is 0. The van der Waals surface area contributed by atoms with E-state index in [2.05, 4.69) is 5.32 Å². The molecule has 0 aliphatic heterocycles. The van der Waals surface area contributed by atoms with Gasteiger partial charge in [-0.25, -0.2) is 4.39 Å². The second kappa shape index (κ2) is 3.85. The van der Waals surface area contributed by atoms with Crippen molar-refractivity contribution < 1.29 is 9.18 Å². The molecule has 1 aromatic carbocycles. The first-order valence-corrected chi connectivity index (χ1v) is 3.69. The molecule has 1 aromatic rings. The second-order valence-corrected chi connectivity index (χ2v) is 2.56. The van der Waals surface area contributed by atoms with E-state index in [1.54, 1.807) is 19.1 Å². The van der Waals surface area contributed by atoms with Crippen LogP contribution in [0, 0.1) is 5.82 Å². The molecule has 1 amide bonds. The summed E-state index contributed by atoms with van der Waals surface area (Å²) < 4.78 is 12.7. The molecule has 1 N–H and O–H groups in total. The van der Waals surface area contributed by atoms with Gasteiger partial charge < -0.3 is 5.32 Å². The Balaban J connectivity index is 2.80. The van der Waals surface area contributed by atoms with Gasteiger partial charge in [0.15, 0.2) is 0 Å². The summed E-state index contributed by atoms with van der Waals surface area (Å²) in [5.41, 5.74) is 0.766. The van der Waals surface area contributed by atoms with Gasteiger partial charge >= 0.3 is 0 Å². The molecule has 1 atom stereocenters. The van der Waals surface area contributed by atoms with Gasteiger partial charge in [0, 0.05) is 0 Å². The molecule has 0 fully saturated rings. The molecule has 0 radical (unpaired) electrons. The number of rotatable bonds is 3. The Bertz CT molecular complexity index is 275. The zero-order valence-corrected chi connectivity index (χ0v) is 6.75. The Morgan fingerprint density at radius 1 is 1.58 bits per heavy atom. The molecule has 0 aromatic heterocycles. The van der Waals surface area contributed by atoms with Gasteiger partial charge in [-0.15, -0.1) is 0 Å². The largest absolute Gasteiger partial charge is 0.352 e. The van der Waals surface area contributed by atoms with Gasteiger partial charge in [0.05, 0.1) is 6.04 Å². The molecular formula is C9H10FNO. The molecule has 0 spiro atoms. The van der Waals surface area contributed by atoms with Crippen LogP contribution in [0.25, 0.3) is 0 Å². The van der Waals surface area contributed by atoms with Crippen LogP contribution in [0.1, 0.15) is 18.5 Å². The minimum atomic E-state index is -0.285. The second-order valence-electron chi connectivity index (χ2n) is 2.56. The normalized spacial score (nSPS) is 12.2. The highest BCUT2D eigenvalue weighted by atomic mass is 19.1. The number of amides is 1. The molecule has 2 nitrogen and oxygen atoms in total. The van der Waals surface area contributed by atoms with Gasteiger partial charge in [-0.2, -0.15) is 0 Å². The molecule has 0 saturated heterocycles. The number of halogens is 1. The van der Waals surface area contributed by atoms with Crippen LogP contribution in [0.3, 0.4) is 0 Å². The van der Waals surface area contributed by atoms with Crippen molar-refractivity contribution in [1.82, 2.24) is 5.32 Å². The summed E-state index contributed by atoms with van der Waals surface area (Å²) in [5.74, 6) is -0.285. The third-order valence-electron chi connectivity index (χ3n) is 1.67. The van der Waals surface area contributed by atoms with E-state index in [0.717, 1.165) is 5.56 Å². The first-order chi connectivity index (χ1) is 5.74. The van der Waals surface area contributed by atoms with Crippen molar-refractivity contribution in [3.63, 3.8) is 0 Å². The van der Waals surface area contributed by atoms with Crippen molar-refractivity contribution in [2.45, 2.75) is 13.0 Å². The molecule has 64 valence electrons. The molecule has 3 heteroatoms. The standard InChI is InChI=1S/C9H10FNO/c1-7(11-6-12)8-3-2-4-9(10)5-8/h2-7H,1H3,(H,11,12)/t7-/m1/s1. The Labute approximate surface area is 70.4 Å². The molecule has 0 bridgehead atoms. The van der Waals surface area contributed by atoms with E-state index in [0.29, 0.717) is 6.41 Å². The smallest absolute Gasteiger partial charge is 0.207 e. The topological polar surface area (TPSA) is 29.1 Å². The fourth-order valence-corrected chi connectivity index (χ4v) is 0.974. The van der Waals surface area contributed by atoms with E-state index >= 15 is 0 Å². The molecule has 0 heterocycles. The summed E-state index contributed by atoms with van der Waals surface area (Å²) in [6, 6.07) is 6.02. The van der Waals surface area contributed by atoms with Crippen molar-refractivity contribution >= 4 is 6.41 Å². The molecule has 0 saturated carbocycles. The van der Waals surface area contributed by atoms with E-state index in [9.17, 15) is 9.18 Å². The molecular weight excluding hydrogens is 157 g/mol. The van der Waals surface area contributed by atoms with E-state index in [-0.39, 0.29) is 11.9 Å². The van der Waals surface area contributed by atoms with Gasteiger partial charge in [-0.1, -0.05) is 12.1 Å². The zero-order chi connectivity index (χ0) is 8.97. The third kappa shape index (κ3) is 2.05. The monoisotopic (exact) mass is 167 g/mol. The molecule has 0 aliphatic carbocycles. The summed E-state index contributed by atoms with van der Waals surface area (Å²) in [7, 11) is 0. The number of hydrogen-bond donors (Lipinski definition) is 1. The van der Waals surface area contributed by atoms with E-state index in [1.165, 1.54) is 12.1 Å². The molecule has 0 unspecified atom stereocenters. The third-order valence-corrected chi connectivity index (χ3v) is 1.67. The van der Waals surface area contributed by atoms with Crippen LogP contribution in [0.5, 0.6) is 0 Å². The minimum Gasteiger partial charge on any atom is -0.352 e. The van der Waals surface area contributed by atoms with Crippen LogP contribution in [0.2, 0.25) is 0 Å². The maximum atomic E-state index is 12.7. The van der Waals surface area contributed by atoms with Gasteiger partial charge in [0.25, 0.3) is 0 Å². The Morgan fingerprint density at radius 3 is 2.92 bits per heavy atom. The van der Waals surface area contributed by atoms with Crippen molar-refractivity contribution in [2.24, 2.45) is 0 Å². The van der Waals surface area contributed by atoms with Gasteiger partial charge in [0.2, 0.25) is 6.41 Å². The summed E-state index contributed by atoms with van der Waals surface area (Å²) in [4.78, 5) is 10.1. The molecule has 12 heavy (non-hydrogen) atoms. The maximum Gasteiger partial charge on any atom is 0.207 e. The maximum absolute atomic E-state index is 12.7. The Kier molecular flexibility index (Phi) is 2.80. The number of hydrogen-bond acceptors (Lipinski definition) is 1. The lowest BCUT2D eigenvalue weighted by Crippen LogP contribution is -2.15. The first-order valence-electron chi connectivity index (χ1n) is 3.69. The van der Waals surface area contributed by atoms with Crippen molar-refractivity contribution in [2.75, 3.05) is 0 Å². The fourth-order valence-electron chi connectivity index (χ4n) is 0.974. The summed E-state index contributed by atoms with van der Waals surface area (Å²) in [6.07, 6.45) is 0.607. The van der Waals surface area contributed by atoms with Crippen LogP contribution in [-0.2, 0) is 4.79 Å². The molecule has 1 rings (SSSR count). The van der Waals surface area contributed by atoms with Crippen molar-refractivity contribution in [3.8, 4) is 0 Å². The van der Waals surface area contributed by atoms with E-state index < -0.39 is 0 Å². The number of carbonyl (C=O) groups is 1. The van der Waals surface area contributed by atoms with E-state index in [4.69, 9.17) is 0 Å². The summed E-state index contributed by atoms with van der Waals surface area (Å²) in [6.45, 7) is 1.79. The SMILES string of the molecule is C[C@@H](NC=O)c1cccc(F)c1. The summed E-state index contributed by atoms with van der Waals surface area (Å²) in [5, 5.41) is 2.54. The van der Waals surface area contributed by atoms with Crippen LogP contribution in [0.15, 0.2) is 24.3 Å². The number of benzene rings is 1. The lowest BCUT2D eigenvalue weighted by atomic mass is 10.1. The van der Waals surface area contributed by atoms with Crippen LogP contribution in [0.4, 0.5) is 4.39 Å². The van der Waals surface area contributed by atoms with Crippen LogP contribution in [-0.4, -0.2) is 6.41 Å². The highest BCUT2D eigenvalue weighted by Crippen LogP contribution is 2.12. The van der Waals surface area contributed by atoms with Crippen molar-refractivity contribution in [3.05, 3.63) is 35.6 Å². The van der Waals surface area contributed by atoms with Crippen LogP contribution >= 0.6 is 0 Å². The quantitative estimate of drug-likeness (QED) is 0.681. The average Bonchev–Trinajstić information content (AvgIpc) is 2.05. The Hall–Kier alpha value is -1.38. The zero-order valence-electron chi connectivity index (χ0n) is 6.75. The highest BCUT2D eigenvalue weighted by molar-refractivity contribution is 5.47. The van der Waals surface area contributed by atoms with Crippen LogP contribution < -0.4 is 5.32 Å². The highest BCUT2D eigenvalue weighted by Gasteiger charge is 2.03. The van der Waals surface area contributed by atoms with E-state index in [1.807, 2.05) is 0 Å². The minimum absolute atomic E-state index is 0.141. The number of nitrogens with one attached hydrogen (secondary N) is 1.